The van der Waals surface area contributed by atoms with Crippen molar-refractivity contribution in [3.63, 3.8) is 0 Å². The van der Waals surface area contributed by atoms with Gasteiger partial charge in [0, 0.05) is 6.07 Å². The second kappa shape index (κ2) is 8.11. The van der Waals surface area contributed by atoms with Gasteiger partial charge in [-0.15, -0.1) is 0 Å². The second-order valence-electron chi connectivity index (χ2n) is 5.73. The highest BCUT2D eigenvalue weighted by molar-refractivity contribution is 6.32. The van der Waals surface area contributed by atoms with Gasteiger partial charge in [0.15, 0.2) is 11.5 Å². The van der Waals surface area contributed by atoms with Gasteiger partial charge in [0.2, 0.25) is 0 Å². The van der Waals surface area contributed by atoms with Crippen molar-refractivity contribution in [3.05, 3.63) is 70.3 Å². The molecule has 0 radical (unpaired) electrons. The van der Waals surface area contributed by atoms with Gasteiger partial charge in [-0.05, 0) is 32.0 Å². The standard InChI is InChI=1S/C20H15ClFN3O3/c1-3-27-18-9-13(10-23)8-15(21)19(18)28-20(26)14-11-24-25(12(14)2)17-7-5-4-6-16(17)22/h4-9,11H,3H2,1-2H3. The minimum Gasteiger partial charge on any atom is -0.490 e. The minimum atomic E-state index is -0.729. The van der Waals surface area contributed by atoms with Gasteiger partial charge in [-0.25, -0.2) is 13.9 Å². The molecule has 0 amide bonds. The Hall–Kier alpha value is -3.37. The summed E-state index contributed by atoms with van der Waals surface area (Å²) < 4.78 is 26.2. The molecule has 0 fully saturated rings. The molecule has 8 heteroatoms. The lowest BCUT2D eigenvalue weighted by Gasteiger charge is -2.12. The first-order valence-corrected chi connectivity index (χ1v) is 8.72. The second-order valence-corrected chi connectivity index (χ2v) is 6.13. The van der Waals surface area contributed by atoms with Crippen LogP contribution in [0.2, 0.25) is 5.02 Å². The maximum atomic E-state index is 14.0. The third kappa shape index (κ3) is 3.68. The van der Waals surface area contributed by atoms with Crippen LogP contribution >= 0.6 is 11.6 Å². The molecule has 0 aliphatic rings. The maximum absolute atomic E-state index is 14.0. The smallest absolute Gasteiger partial charge is 0.347 e. The third-order valence-corrected chi connectivity index (χ3v) is 4.22. The topological polar surface area (TPSA) is 77.1 Å². The van der Waals surface area contributed by atoms with Crippen molar-refractivity contribution in [1.82, 2.24) is 9.78 Å². The molecule has 0 saturated carbocycles. The van der Waals surface area contributed by atoms with E-state index in [9.17, 15) is 9.18 Å². The molecule has 1 heterocycles. The van der Waals surface area contributed by atoms with Crippen molar-refractivity contribution in [2.75, 3.05) is 6.61 Å². The Bertz CT molecular complexity index is 1090. The van der Waals surface area contributed by atoms with E-state index in [4.69, 9.17) is 26.3 Å². The molecule has 0 bridgehead atoms. The van der Waals surface area contributed by atoms with Crippen molar-refractivity contribution < 1.29 is 18.7 Å². The monoisotopic (exact) mass is 399 g/mol. The molecular weight excluding hydrogens is 385 g/mol. The number of carbonyl (C=O) groups is 1. The predicted octanol–water partition coefficient (Wildman–Crippen LogP) is 4.46. The number of rotatable bonds is 5. The molecular formula is C20H15ClFN3O3. The first kappa shape index (κ1) is 19.4. The van der Waals surface area contributed by atoms with E-state index in [-0.39, 0.29) is 33.3 Å². The number of nitrogens with zero attached hydrogens (tertiary/aromatic N) is 3. The summed E-state index contributed by atoms with van der Waals surface area (Å²) in [5.74, 6) is -1.01. The largest absolute Gasteiger partial charge is 0.490 e. The molecule has 2 aromatic carbocycles. The predicted molar refractivity (Wildman–Crippen MR) is 101 cm³/mol. The molecule has 142 valence electrons. The van der Waals surface area contributed by atoms with Crippen LogP contribution in [0.4, 0.5) is 4.39 Å². The van der Waals surface area contributed by atoms with Crippen LogP contribution < -0.4 is 9.47 Å². The molecule has 3 aromatic rings. The first-order chi connectivity index (χ1) is 13.5. The summed E-state index contributed by atoms with van der Waals surface area (Å²) in [6, 6.07) is 10.9. The van der Waals surface area contributed by atoms with E-state index in [1.54, 1.807) is 32.0 Å². The van der Waals surface area contributed by atoms with E-state index in [0.29, 0.717) is 12.3 Å². The Balaban J connectivity index is 1.95. The van der Waals surface area contributed by atoms with Crippen LogP contribution in [-0.2, 0) is 0 Å². The highest BCUT2D eigenvalue weighted by Gasteiger charge is 2.22. The van der Waals surface area contributed by atoms with E-state index in [1.165, 1.54) is 29.1 Å². The molecule has 3 rings (SSSR count). The van der Waals surface area contributed by atoms with Crippen molar-refractivity contribution in [3.8, 4) is 23.3 Å². The normalized spacial score (nSPS) is 10.4. The number of hydrogen-bond acceptors (Lipinski definition) is 5. The number of para-hydroxylation sites is 1. The van der Waals surface area contributed by atoms with Crippen LogP contribution in [0.5, 0.6) is 11.5 Å². The lowest BCUT2D eigenvalue weighted by molar-refractivity contribution is 0.0727. The summed E-state index contributed by atoms with van der Waals surface area (Å²) in [4.78, 5) is 12.7. The fourth-order valence-corrected chi connectivity index (χ4v) is 2.87. The Kier molecular flexibility index (Phi) is 5.62. The van der Waals surface area contributed by atoms with Crippen molar-refractivity contribution in [2.24, 2.45) is 0 Å². The van der Waals surface area contributed by atoms with E-state index in [1.807, 2.05) is 6.07 Å². The summed E-state index contributed by atoms with van der Waals surface area (Å²) in [6.07, 6.45) is 1.29. The SMILES string of the molecule is CCOc1cc(C#N)cc(Cl)c1OC(=O)c1cnn(-c2ccccc2F)c1C. The van der Waals surface area contributed by atoms with Gasteiger partial charge in [-0.2, -0.15) is 10.4 Å². The van der Waals surface area contributed by atoms with Gasteiger partial charge in [-0.3, -0.25) is 0 Å². The van der Waals surface area contributed by atoms with Gasteiger partial charge >= 0.3 is 5.97 Å². The summed E-state index contributed by atoms with van der Waals surface area (Å²) >= 11 is 6.16. The summed E-state index contributed by atoms with van der Waals surface area (Å²) in [6.45, 7) is 3.67. The van der Waals surface area contributed by atoms with Crippen molar-refractivity contribution >= 4 is 17.6 Å². The highest BCUT2D eigenvalue weighted by atomic mass is 35.5. The zero-order valence-corrected chi connectivity index (χ0v) is 15.8. The average molecular weight is 400 g/mol. The van der Waals surface area contributed by atoms with Crippen LogP contribution in [0, 0.1) is 24.1 Å². The molecule has 1 aromatic heterocycles. The number of ether oxygens (including phenoxy) is 2. The number of esters is 1. The number of aromatic nitrogens is 2. The van der Waals surface area contributed by atoms with Crippen molar-refractivity contribution in [1.29, 1.82) is 5.26 Å². The molecule has 28 heavy (non-hydrogen) atoms. The number of carbonyl (C=O) groups excluding carboxylic acids is 1. The van der Waals surface area contributed by atoms with Gasteiger partial charge in [0.1, 0.15) is 17.1 Å². The van der Waals surface area contributed by atoms with Crippen LogP contribution in [0.3, 0.4) is 0 Å². The van der Waals surface area contributed by atoms with Gasteiger partial charge < -0.3 is 9.47 Å². The van der Waals surface area contributed by atoms with E-state index in [2.05, 4.69) is 5.10 Å². The Morgan fingerprint density at radius 3 is 2.79 bits per heavy atom. The Morgan fingerprint density at radius 2 is 2.11 bits per heavy atom. The van der Waals surface area contributed by atoms with E-state index < -0.39 is 11.8 Å². The Labute approximate surface area is 165 Å². The molecule has 0 aliphatic heterocycles. The molecule has 0 saturated heterocycles. The molecule has 0 unspecified atom stereocenters. The molecule has 6 nitrogen and oxygen atoms in total. The minimum absolute atomic E-state index is 0.00515. The fraction of sp³-hybridized carbons (Fsp3) is 0.150. The quantitative estimate of drug-likeness (QED) is 0.467. The maximum Gasteiger partial charge on any atom is 0.347 e. The highest BCUT2D eigenvalue weighted by Crippen LogP contribution is 2.37. The fourth-order valence-electron chi connectivity index (χ4n) is 2.62. The van der Waals surface area contributed by atoms with Crippen LogP contribution in [0.25, 0.3) is 5.69 Å². The average Bonchev–Trinajstić information content (AvgIpc) is 3.06. The van der Waals surface area contributed by atoms with Crippen LogP contribution in [0.1, 0.15) is 28.5 Å². The van der Waals surface area contributed by atoms with E-state index >= 15 is 0 Å². The molecule has 0 atom stereocenters. The van der Waals surface area contributed by atoms with Crippen LogP contribution in [0.15, 0.2) is 42.6 Å². The van der Waals surface area contributed by atoms with Gasteiger partial charge in [0.25, 0.3) is 0 Å². The number of halogens is 2. The summed E-state index contributed by atoms with van der Waals surface area (Å²) in [7, 11) is 0. The number of benzene rings is 2. The van der Waals surface area contributed by atoms with Crippen LogP contribution in [-0.4, -0.2) is 22.4 Å². The van der Waals surface area contributed by atoms with Crippen molar-refractivity contribution in [2.45, 2.75) is 13.8 Å². The first-order valence-electron chi connectivity index (χ1n) is 8.34. The zero-order chi connectivity index (χ0) is 20.3. The zero-order valence-electron chi connectivity index (χ0n) is 15.1. The van der Waals surface area contributed by atoms with Gasteiger partial charge in [0.05, 0.1) is 35.2 Å². The summed E-state index contributed by atoms with van der Waals surface area (Å²) in [5, 5.41) is 13.2. The molecule has 0 aliphatic carbocycles. The number of nitriles is 1. The van der Waals surface area contributed by atoms with Gasteiger partial charge in [-0.1, -0.05) is 23.7 Å². The van der Waals surface area contributed by atoms with E-state index in [0.717, 1.165) is 0 Å². The lowest BCUT2D eigenvalue weighted by atomic mass is 10.2. The third-order valence-electron chi connectivity index (χ3n) is 3.94. The lowest BCUT2D eigenvalue weighted by Crippen LogP contribution is -2.12. The molecule has 0 spiro atoms. The molecule has 0 N–H and O–H groups in total. The Morgan fingerprint density at radius 1 is 1.36 bits per heavy atom. The number of hydrogen-bond donors (Lipinski definition) is 0. The summed E-state index contributed by atoms with van der Waals surface area (Å²) in [5.41, 5.74) is 1.03.